The second kappa shape index (κ2) is 7.39. The van der Waals surface area contributed by atoms with Crippen molar-refractivity contribution in [2.24, 2.45) is 11.7 Å². The first-order chi connectivity index (χ1) is 15.0. The molecule has 2 N–H and O–H groups in total. The highest BCUT2D eigenvalue weighted by Crippen LogP contribution is 2.35. The van der Waals surface area contributed by atoms with Crippen LogP contribution in [0.25, 0.3) is 33.4 Å². The molecule has 1 aliphatic heterocycles. The predicted molar refractivity (Wildman–Crippen MR) is 113 cm³/mol. The number of carbonyl (C=O) groups is 1. The van der Waals surface area contributed by atoms with Crippen LogP contribution < -0.4 is 10.6 Å². The summed E-state index contributed by atoms with van der Waals surface area (Å²) in [6, 6.07) is 12.5. The van der Waals surface area contributed by atoms with Gasteiger partial charge in [0.25, 0.3) is 0 Å². The van der Waals surface area contributed by atoms with Crippen LogP contribution in [0.2, 0.25) is 0 Å². The molecule has 1 fully saturated rings. The Hall–Kier alpha value is -3.94. The first kappa shape index (κ1) is 19.0. The molecule has 0 radical (unpaired) electrons. The molecule has 0 aliphatic carbocycles. The van der Waals surface area contributed by atoms with Crippen molar-refractivity contribution in [3.63, 3.8) is 0 Å². The van der Waals surface area contributed by atoms with Gasteiger partial charge >= 0.3 is 0 Å². The number of nitrogens with two attached hydrogens (primary N) is 1. The van der Waals surface area contributed by atoms with Crippen LogP contribution in [0.5, 0.6) is 0 Å². The number of benzene rings is 2. The summed E-state index contributed by atoms with van der Waals surface area (Å²) in [5.74, 6) is -0.748. The zero-order chi connectivity index (χ0) is 21.5. The van der Waals surface area contributed by atoms with Gasteiger partial charge in [0, 0.05) is 48.1 Å². The van der Waals surface area contributed by atoms with Crippen molar-refractivity contribution in [3.8, 4) is 22.5 Å². The second-order valence-corrected chi connectivity index (χ2v) is 7.47. The molecule has 0 atom stereocenters. The van der Waals surface area contributed by atoms with Gasteiger partial charge in [-0.05, 0) is 42.0 Å². The first-order valence-corrected chi connectivity index (χ1v) is 9.71. The Balaban J connectivity index is 1.66. The molecule has 3 heterocycles. The number of anilines is 1. The normalized spacial score (nSPS) is 13.9. The van der Waals surface area contributed by atoms with Crippen LogP contribution in [0, 0.1) is 17.6 Å². The zero-order valence-corrected chi connectivity index (χ0v) is 16.3. The van der Waals surface area contributed by atoms with Crippen LogP contribution in [0.15, 0.2) is 60.9 Å². The quantitative estimate of drug-likeness (QED) is 0.549. The number of carbonyl (C=O) groups excluding carboxylic acids is 1. The zero-order valence-electron chi connectivity index (χ0n) is 16.3. The Kier molecular flexibility index (Phi) is 4.54. The minimum atomic E-state index is -0.647. The molecule has 2 aromatic carbocycles. The third-order valence-corrected chi connectivity index (χ3v) is 5.42. The lowest BCUT2D eigenvalue weighted by Gasteiger charge is -2.38. The molecule has 0 bridgehead atoms. The maximum Gasteiger partial charge on any atom is 0.224 e. The number of rotatable bonds is 4. The molecule has 1 aliphatic rings. The minimum Gasteiger partial charge on any atom is -0.369 e. The van der Waals surface area contributed by atoms with Crippen molar-refractivity contribution in [2.45, 2.75) is 0 Å². The monoisotopic (exact) mass is 417 g/mol. The molecule has 31 heavy (non-hydrogen) atoms. The minimum absolute atomic E-state index is 0.246. The molecule has 0 spiro atoms. The Morgan fingerprint density at radius 3 is 2.58 bits per heavy atom. The number of aromatic nitrogens is 3. The van der Waals surface area contributed by atoms with Crippen LogP contribution in [0.1, 0.15) is 0 Å². The number of halogens is 2. The van der Waals surface area contributed by atoms with Gasteiger partial charge in [-0.1, -0.05) is 6.07 Å². The van der Waals surface area contributed by atoms with Crippen molar-refractivity contribution < 1.29 is 13.6 Å². The van der Waals surface area contributed by atoms with E-state index < -0.39 is 11.6 Å². The van der Waals surface area contributed by atoms with E-state index in [1.165, 1.54) is 12.1 Å². The molecular weight excluding hydrogens is 400 g/mol. The summed E-state index contributed by atoms with van der Waals surface area (Å²) in [7, 11) is 0. The van der Waals surface area contributed by atoms with E-state index in [4.69, 9.17) is 10.7 Å². The lowest BCUT2D eigenvalue weighted by Crippen LogP contribution is -2.53. The number of fused-ring (bicyclic) bond motifs is 1. The molecule has 1 saturated heterocycles. The number of amides is 1. The van der Waals surface area contributed by atoms with E-state index in [1.54, 1.807) is 36.7 Å². The van der Waals surface area contributed by atoms with Gasteiger partial charge in [-0.3, -0.25) is 9.78 Å². The van der Waals surface area contributed by atoms with Gasteiger partial charge in [0.1, 0.15) is 17.5 Å². The molecule has 5 rings (SSSR count). The highest BCUT2D eigenvalue weighted by molar-refractivity contribution is 5.95. The van der Waals surface area contributed by atoms with Gasteiger partial charge in [-0.25, -0.2) is 18.7 Å². The summed E-state index contributed by atoms with van der Waals surface area (Å²) in [6.07, 6.45) is 3.34. The molecule has 4 aromatic rings. The molecule has 6 nitrogen and oxygen atoms in total. The van der Waals surface area contributed by atoms with Crippen molar-refractivity contribution in [2.75, 3.05) is 18.0 Å². The molecule has 154 valence electrons. The lowest BCUT2D eigenvalue weighted by atomic mass is 9.98. The molecule has 2 aromatic heterocycles. The van der Waals surface area contributed by atoms with Gasteiger partial charge in [-0.15, -0.1) is 0 Å². The van der Waals surface area contributed by atoms with Gasteiger partial charge in [-0.2, -0.15) is 0 Å². The maximum atomic E-state index is 14.4. The largest absolute Gasteiger partial charge is 0.369 e. The Bertz CT molecular complexity index is 1310. The number of hydrogen-bond donors (Lipinski definition) is 1. The van der Waals surface area contributed by atoms with E-state index in [1.807, 2.05) is 11.0 Å². The van der Waals surface area contributed by atoms with Gasteiger partial charge in [0.05, 0.1) is 11.4 Å². The standard InChI is InChI=1S/C23H17F2N5O/c24-16-4-5-17(19(25)9-16)13-3-6-20-18(8-13)23(30-11-15(12-30)21(26)31)29-22(28-20)14-2-1-7-27-10-14/h1-10,15H,11-12H2,(H2,26,31). The summed E-state index contributed by atoms with van der Waals surface area (Å²) < 4.78 is 27.7. The summed E-state index contributed by atoms with van der Waals surface area (Å²) in [4.78, 5) is 27.0. The lowest BCUT2D eigenvalue weighted by molar-refractivity contribution is -0.122. The highest BCUT2D eigenvalue weighted by Gasteiger charge is 2.33. The fourth-order valence-electron chi connectivity index (χ4n) is 3.70. The van der Waals surface area contributed by atoms with E-state index in [0.29, 0.717) is 41.2 Å². The van der Waals surface area contributed by atoms with Crippen molar-refractivity contribution >= 4 is 22.6 Å². The van der Waals surface area contributed by atoms with Crippen LogP contribution in [-0.4, -0.2) is 33.9 Å². The van der Waals surface area contributed by atoms with Gasteiger partial charge in [0.2, 0.25) is 5.91 Å². The second-order valence-electron chi connectivity index (χ2n) is 7.47. The smallest absolute Gasteiger partial charge is 0.224 e. The van der Waals surface area contributed by atoms with Crippen LogP contribution in [0.4, 0.5) is 14.6 Å². The van der Waals surface area contributed by atoms with Crippen LogP contribution in [0.3, 0.4) is 0 Å². The first-order valence-electron chi connectivity index (χ1n) is 9.71. The SMILES string of the molecule is NC(=O)C1CN(c2nc(-c3cccnc3)nc3ccc(-c4ccc(F)cc4F)cc23)C1. The molecule has 0 unspecified atom stereocenters. The van der Waals surface area contributed by atoms with E-state index in [-0.39, 0.29) is 17.4 Å². The number of hydrogen-bond acceptors (Lipinski definition) is 5. The van der Waals surface area contributed by atoms with Crippen LogP contribution >= 0.6 is 0 Å². The molecule has 0 saturated carbocycles. The molecule has 8 heteroatoms. The Labute approximate surface area is 176 Å². The fourth-order valence-corrected chi connectivity index (χ4v) is 3.70. The maximum absolute atomic E-state index is 14.4. The number of pyridine rings is 1. The van der Waals surface area contributed by atoms with Gasteiger partial charge in [0.15, 0.2) is 5.82 Å². The highest BCUT2D eigenvalue weighted by atomic mass is 19.1. The Morgan fingerprint density at radius 1 is 1.03 bits per heavy atom. The average molecular weight is 417 g/mol. The van der Waals surface area contributed by atoms with E-state index in [2.05, 4.69) is 9.97 Å². The topological polar surface area (TPSA) is 85.0 Å². The van der Waals surface area contributed by atoms with E-state index >= 15 is 0 Å². The van der Waals surface area contributed by atoms with E-state index in [0.717, 1.165) is 11.6 Å². The fraction of sp³-hybridized carbons (Fsp3) is 0.130. The molecule has 1 amide bonds. The third-order valence-electron chi connectivity index (χ3n) is 5.42. The van der Waals surface area contributed by atoms with Crippen molar-refractivity contribution in [1.82, 2.24) is 15.0 Å². The van der Waals surface area contributed by atoms with Crippen molar-refractivity contribution in [1.29, 1.82) is 0 Å². The number of primary amides is 1. The third kappa shape index (κ3) is 3.46. The van der Waals surface area contributed by atoms with Crippen LogP contribution in [-0.2, 0) is 4.79 Å². The summed E-state index contributed by atoms with van der Waals surface area (Å²) in [5, 5.41) is 0.705. The number of nitrogens with zero attached hydrogens (tertiary/aromatic N) is 4. The summed E-state index contributed by atoms with van der Waals surface area (Å²) in [6.45, 7) is 0.895. The van der Waals surface area contributed by atoms with E-state index in [9.17, 15) is 13.6 Å². The molecular formula is C23H17F2N5O. The average Bonchev–Trinajstić information content (AvgIpc) is 2.72. The summed E-state index contributed by atoms with van der Waals surface area (Å²) in [5.41, 5.74) is 7.70. The van der Waals surface area contributed by atoms with Crippen molar-refractivity contribution in [3.05, 3.63) is 72.6 Å². The predicted octanol–water partition coefficient (Wildman–Crippen LogP) is 3.56. The van der Waals surface area contributed by atoms with Gasteiger partial charge < -0.3 is 10.6 Å². The Morgan fingerprint density at radius 2 is 1.87 bits per heavy atom. The summed E-state index contributed by atoms with van der Waals surface area (Å²) >= 11 is 0.